The number of nitrogens with zero attached hydrogens (tertiary/aromatic N) is 1. The van der Waals surface area contributed by atoms with E-state index in [0.717, 1.165) is 5.71 Å². The zero-order valence-electron chi connectivity index (χ0n) is 7.23. The fourth-order valence-corrected chi connectivity index (χ4v) is 0.309. The van der Waals surface area contributed by atoms with Crippen LogP contribution in [0.2, 0.25) is 0 Å². The molecule has 0 aromatic heterocycles. The summed E-state index contributed by atoms with van der Waals surface area (Å²) in [6, 6.07) is 0. The first kappa shape index (κ1) is 9.43. The van der Waals surface area contributed by atoms with E-state index in [1.54, 1.807) is 0 Å². The van der Waals surface area contributed by atoms with E-state index in [1.807, 2.05) is 27.7 Å². The molecule has 3 nitrogen and oxygen atoms in total. The van der Waals surface area contributed by atoms with E-state index in [1.165, 1.54) is 0 Å². The Morgan fingerprint density at radius 3 is 2.30 bits per heavy atom. The second-order valence-electron chi connectivity index (χ2n) is 3.26. The molecular weight excluding hydrogens is 126 g/mol. The molecule has 0 spiro atoms. The summed E-state index contributed by atoms with van der Waals surface area (Å²) in [5, 5.41) is 4.05. The van der Waals surface area contributed by atoms with Gasteiger partial charge < -0.3 is 11.2 Å². The van der Waals surface area contributed by atoms with Gasteiger partial charge in [-0.2, -0.15) is 5.10 Å². The van der Waals surface area contributed by atoms with E-state index in [0.29, 0.717) is 6.54 Å². The van der Waals surface area contributed by atoms with E-state index in [4.69, 9.17) is 5.73 Å². The maximum atomic E-state index is 5.46. The highest BCUT2D eigenvalue weighted by Crippen LogP contribution is 1.97. The van der Waals surface area contributed by atoms with E-state index < -0.39 is 0 Å². The van der Waals surface area contributed by atoms with Gasteiger partial charge in [0.25, 0.3) is 0 Å². The molecule has 3 heteroatoms. The normalized spacial score (nSPS) is 10.9. The number of hydrogen-bond acceptors (Lipinski definition) is 3. The predicted molar refractivity (Wildman–Crippen MR) is 45.1 cm³/mol. The Bertz CT molecular complexity index is 123. The van der Waals surface area contributed by atoms with Gasteiger partial charge in [-0.3, -0.25) is 0 Å². The predicted octanol–water partition coefficient (Wildman–Crippen LogP) is 0.709. The van der Waals surface area contributed by atoms with Crippen LogP contribution in [0.15, 0.2) is 5.10 Å². The quantitative estimate of drug-likeness (QED) is 0.451. The summed E-state index contributed by atoms with van der Waals surface area (Å²) < 4.78 is 0. The van der Waals surface area contributed by atoms with Crippen LogP contribution < -0.4 is 11.2 Å². The summed E-state index contributed by atoms with van der Waals surface area (Å²) in [7, 11) is 0. The Hall–Kier alpha value is -0.570. The zero-order chi connectivity index (χ0) is 8.20. The first-order valence-electron chi connectivity index (χ1n) is 3.46. The molecule has 0 bridgehead atoms. The Morgan fingerprint density at radius 2 is 2.00 bits per heavy atom. The average molecular weight is 143 g/mol. The molecule has 0 unspecified atom stereocenters. The summed E-state index contributed by atoms with van der Waals surface area (Å²) >= 11 is 0. The van der Waals surface area contributed by atoms with Crippen LogP contribution in [0.5, 0.6) is 0 Å². The highest BCUT2D eigenvalue weighted by Gasteiger charge is 2.12. The average Bonchev–Trinajstić information content (AvgIpc) is 1.85. The second kappa shape index (κ2) is 3.56. The standard InChI is InChI=1S/C7H17N3/c1-6(2)9-10-7(3,4)5-8/h10H,5,8H2,1-4H3. The molecule has 0 aliphatic carbocycles. The van der Waals surface area contributed by atoms with E-state index in [-0.39, 0.29) is 5.54 Å². The zero-order valence-corrected chi connectivity index (χ0v) is 7.23. The molecule has 0 atom stereocenters. The molecule has 10 heavy (non-hydrogen) atoms. The summed E-state index contributed by atoms with van der Waals surface area (Å²) in [5.74, 6) is 0. The molecule has 0 rings (SSSR count). The molecule has 0 heterocycles. The molecule has 0 saturated carbocycles. The fourth-order valence-electron chi connectivity index (χ4n) is 0.309. The first-order valence-corrected chi connectivity index (χ1v) is 3.46. The molecule has 3 N–H and O–H groups in total. The van der Waals surface area contributed by atoms with Gasteiger partial charge >= 0.3 is 0 Å². The lowest BCUT2D eigenvalue weighted by Gasteiger charge is -2.21. The van der Waals surface area contributed by atoms with E-state index in [2.05, 4.69) is 10.5 Å². The maximum absolute atomic E-state index is 5.46. The van der Waals surface area contributed by atoms with Crippen molar-refractivity contribution in [1.82, 2.24) is 5.43 Å². The lowest BCUT2D eigenvalue weighted by molar-refractivity contribution is 0.411. The Kier molecular flexibility index (Phi) is 3.36. The van der Waals surface area contributed by atoms with Crippen molar-refractivity contribution in [1.29, 1.82) is 0 Å². The molecule has 0 aliphatic heterocycles. The van der Waals surface area contributed by atoms with Crippen LogP contribution in [0.3, 0.4) is 0 Å². The van der Waals surface area contributed by atoms with Crippen molar-refractivity contribution in [2.45, 2.75) is 33.2 Å². The van der Waals surface area contributed by atoms with Gasteiger partial charge in [0.2, 0.25) is 0 Å². The molecule has 0 radical (unpaired) electrons. The van der Waals surface area contributed by atoms with Gasteiger partial charge in [-0.1, -0.05) is 0 Å². The number of rotatable bonds is 3. The van der Waals surface area contributed by atoms with Crippen LogP contribution in [0, 0.1) is 0 Å². The molecule has 0 aromatic carbocycles. The van der Waals surface area contributed by atoms with Crippen LogP contribution in [-0.2, 0) is 0 Å². The summed E-state index contributed by atoms with van der Waals surface area (Å²) in [5.41, 5.74) is 9.36. The minimum Gasteiger partial charge on any atom is -0.328 e. The van der Waals surface area contributed by atoms with Crippen molar-refractivity contribution in [2.24, 2.45) is 10.8 Å². The van der Waals surface area contributed by atoms with E-state index in [9.17, 15) is 0 Å². The largest absolute Gasteiger partial charge is 0.328 e. The van der Waals surface area contributed by atoms with Crippen molar-refractivity contribution < 1.29 is 0 Å². The molecular formula is C7H17N3. The van der Waals surface area contributed by atoms with Gasteiger partial charge in [0, 0.05) is 12.3 Å². The van der Waals surface area contributed by atoms with Gasteiger partial charge in [0.05, 0.1) is 5.54 Å². The highest BCUT2D eigenvalue weighted by atomic mass is 15.3. The van der Waals surface area contributed by atoms with Crippen LogP contribution in [-0.4, -0.2) is 17.8 Å². The molecule has 0 amide bonds. The van der Waals surface area contributed by atoms with Gasteiger partial charge in [0.15, 0.2) is 0 Å². The van der Waals surface area contributed by atoms with Crippen molar-refractivity contribution in [3.8, 4) is 0 Å². The van der Waals surface area contributed by atoms with Crippen molar-refractivity contribution in [2.75, 3.05) is 6.54 Å². The Labute approximate surface area is 62.7 Å². The SMILES string of the molecule is CC(C)=NNC(C)(C)CN. The third-order valence-electron chi connectivity index (χ3n) is 1.09. The third kappa shape index (κ3) is 4.32. The van der Waals surface area contributed by atoms with Crippen LogP contribution >= 0.6 is 0 Å². The monoisotopic (exact) mass is 143 g/mol. The molecule has 0 saturated heterocycles. The second-order valence-corrected chi connectivity index (χ2v) is 3.26. The number of hydrazone groups is 1. The van der Waals surface area contributed by atoms with Gasteiger partial charge in [-0.25, -0.2) is 0 Å². The van der Waals surface area contributed by atoms with Crippen molar-refractivity contribution in [3.63, 3.8) is 0 Å². The topological polar surface area (TPSA) is 50.4 Å². The molecule has 0 fully saturated rings. The summed E-state index contributed by atoms with van der Waals surface area (Å²) in [6.07, 6.45) is 0. The first-order chi connectivity index (χ1) is 4.48. The highest BCUT2D eigenvalue weighted by molar-refractivity contribution is 5.78. The summed E-state index contributed by atoms with van der Waals surface area (Å²) in [6.45, 7) is 8.50. The molecule has 60 valence electrons. The van der Waals surface area contributed by atoms with Gasteiger partial charge in [-0.15, -0.1) is 0 Å². The van der Waals surface area contributed by atoms with Gasteiger partial charge in [-0.05, 0) is 27.7 Å². The minimum absolute atomic E-state index is 0.0860. The van der Waals surface area contributed by atoms with Crippen LogP contribution in [0.1, 0.15) is 27.7 Å². The number of nitrogens with one attached hydrogen (secondary N) is 1. The number of hydrogen-bond donors (Lipinski definition) is 2. The molecule has 0 aliphatic rings. The van der Waals surface area contributed by atoms with E-state index >= 15 is 0 Å². The number of nitrogens with two attached hydrogens (primary N) is 1. The smallest absolute Gasteiger partial charge is 0.0614 e. The lowest BCUT2D eigenvalue weighted by Crippen LogP contribution is -2.43. The third-order valence-corrected chi connectivity index (χ3v) is 1.09. The summed E-state index contributed by atoms with van der Waals surface area (Å²) in [4.78, 5) is 0. The van der Waals surface area contributed by atoms with Crippen LogP contribution in [0.4, 0.5) is 0 Å². The molecule has 0 aromatic rings. The van der Waals surface area contributed by atoms with Crippen molar-refractivity contribution in [3.05, 3.63) is 0 Å². The van der Waals surface area contributed by atoms with Gasteiger partial charge in [0.1, 0.15) is 0 Å². The lowest BCUT2D eigenvalue weighted by atomic mass is 10.1. The maximum Gasteiger partial charge on any atom is 0.0614 e. The minimum atomic E-state index is -0.0860. The van der Waals surface area contributed by atoms with Crippen molar-refractivity contribution >= 4 is 5.71 Å². The Morgan fingerprint density at radius 1 is 1.50 bits per heavy atom. The fraction of sp³-hybridized carbons (Fsp3) is 0.857. The Balaban J connectivity index is 3.78. The van der Waals surface area contributed by atoms with Crippen LogP contribution in [0.25, 0.3) is 0 Å².